The molecule has 0 fully saturated rings. The summed E-state index contributed by atoms with van der Waals surface area (Å²) in [5.74, 6) is -2.03. The number of rotatable bonds is 5. The molecule has 0 radical (unpaired) electrons. The van der Waals surface area contributed by atoms with E-state index < -0.39 is 22.7 Å². The molecule has 0 unspecified atom stereocenters. The van der Waals surface area contributed by atoms with Crippen LogP contribution in [-0.4, -0.2) is 22.7 Å². The number of fused-ring (bicyclic) bond motifs is 1. The number of halogens is 2. The first kappa shape index (κ1) is 21.5. The van der Waals surface area contributed by atoms with Gasteiger partial charge in [-0.1, -0.05) is 35.3 Å². The number of non-ortho nitro benzene ring substituents is 1. The van der Waals surface area contributed by atoms with Crippen molar-refractivity contribution >= 4 is 52.4 Å². The van der Waals surface area contributed by atoms with E-state index in [4.69, 9.17) is 27.9 Å². The standard InChI is InChI=1S/C22H12Cl2N2O6/c23-18-7-4-12(8-19(18)24)11-32-22(29)13-5-6-16-17(9-13)21(28)25(20(16)27)14-2-1-3-15(10-14)26(30)31/h1-10H,11H2. The van der Waals surface area contributed by atoms with Crippen LogP contribution in [0.2, 0.25) is 10.0 Å². The van der Waals surface area contributed by atoms with Crippen LogP contribution in [0, 0.1) is 10.1 Å². The number of carbonyl (C=O) groups is 3. The summed E-state index contributed by atoms with van der Waals surface area (Å²) in [5.41, 5.74) is 0.593. The molecule has 160 valence electrons. The van der Waals surface area contributed by atoms with Gasteiger partial charge in [0.05, 0.1) is 37.3 Å². The van der Waals surface area contributed by atoms with Crippen molar-refractivity contribution in [1.29, 1.82) is 0 Å². The maximum Gasteiger partial charge on any atom is 0.338 e. The maximum absolute atomic E-state index is 12.9. The number of hydrogen-bond acceptors (Lipinski definition) is 6. The number of imide groups is 1. The van der Waals surface area contributed by atoms with E-state index in [-0.39, 0.29) is 34.7 Å². The summed E-state index contributed by atoms with van der Waals surface area (Å²) in [6.07, 6.45) is 0. The Morgan fingerprint density at radius 2 is 1.69 bits per heavy atom. The Labute approximate surface area is 191 Å². The van der Waals surface area contributed by atoms with Gasteiger partial charge in [0.1, 0.15) is 6.61 Å². The lowest BCUT2D eigenvalue weighted by molar-refractivity contribution is -0.384. The quantitative estimate of drug-likeness (QED) is 0.223. The molecule has 0 atom stereocenters. The molecule has 0 aromatic heterocycles. The zero-order chi connectivity index (χ0) is 23.0. The average molecular weight is 471 g/mol. The fourth-order valence-corrected chi connectivity index (χ4v) is 3.53. The lowest BCUT2D eigenvalue weighted by Gasteiger charge is -2.13. The smallest absolute Gasteiger partial charge is 0.338 e. The van der Waals surface area contributed by atoms with E-state index >= 15 is 0 Å². The summed E-state index contributed by atoms with van der Waals surface area (Å²) in [4.78, 5) is 49.3. The second-order valence-electron chi connectivity index (χ2n) is 6.81. The van der Waals surface area contributed by atoms with Gasteiger partial charge in [0.25, 0.3) is 17.5 Å². The monoisotopic (exact) mass is 470 g/mol. The zero-order valence-electron chi connectivity index (χ0n) is 16.1. The van der Waals surface area contributed by atoms with Crippen molar-refractivity contribution in [2.75, 3.05) is 4.90 Å². The number of nitrogens with zero attached hydrogens (tertiary/aromatic N) is 2. The van der Waals surface area contributed by atoms with Gasteiger partial charge in [-0.3, -0.25) is 19.7 Å². The summed E-state index contributed by atoms with van der Waals surface area (Å²) in [6.45, 7) is -0.0699. The molecule has 0 N–H and O–H groups in total. The van der Waals surface area contributed by atoms with Gasteiger partial charge in [-0.2, -0.15) is 0 Å². The molecule has 0 saturated carbocycles. The van der Waals surface area contributed by atoms with Crippen LogP contribution < -0.4 is 4.90 Å². The van der Waals surface area contributed by atoms with Crippen LogP contribution in [0.25, 0.3) is 0 Å². The SMILES string of the molecule is O=C(OCc1ccc(Cl)c(Cl)c1)c1ccc2c(c1)C(=O)N(c1cccc([N+](=O)[O-])c1)C2=O. The fourth-order valence-electron chi connectivity index (χ4n) is 3.21. The second kappa shape index (κ2) is 8.41. The van der Waals surface area contributed by atoms with E-state index in [0.717, 1.165) is 11.0 Å². The minimum Gasteiger partial charge on any atom is -0.457 e. The number of ether oxygens (including phenoxy) is 1. The molecule has 0 bridgehead atoms. The van der Waals surface area contributed by atoms with Crippen molar-refractivity contribution in [2.45, 2.75) is 6.61 Å². The van der Waals surface area contributed by atoms with E-state index in [1.165, 1.54) is 36.4 Å². The molecule has 1 heterocycles. The van der Waals surface area contributed by atoms with Gasteiger partial charge in [-0.15, -0.1) is 0 Å². The zero-order valence-corrected chi connectivity index (χ0v) is 17.6. The maximum atomic E-state index is 12.9. The Morgan fingerprint density at radius 3 is 2.41 bits per heavy atom. The Kier molecular flexibility index (Phi) is 5.65. The third-order valence-corrected chi connectivity index (χ3v) is 5.51. The van der Waals surface area contributed by atoms with Gasteiger partial charge in [0, 0.05) is 12.1 Å². The Bertz CT molecular complexity index is 1310. The minimum atomic E-state index is -0.701. The van der Waals surface area contributed by atoms with Crippen molar-refractivity contribution in [2.24, 2.45) is 0 Å². The molecule has 3 aromatic rings. The number of nitro groups is 1. The summed E-state index contributed by atoms with van der Waals surface area (Å²) in [7, 11) is 0. The van der Waals surface area contributed by atoms with E-state index in [2.05, 4.69) is 0 Å². The van der Waals surface area contributed by atoms with Gasteiger partial charge in [0.15, 0.2) is 0 Å². The molecule has 0 saturated heterocycles. The number of esters is 1. The highest BCUT2D eigenvalue weighted by Crippen LogP contribution is 2.31. The van der Waals surface area contributed by atoms with E-state index in [0.29, 0.717) is 15.6 Å². The molecule has 10 heteroatoms. The number of benzene rings is 3. The van der Waals surface area contributed by atoms with Gasteiger partial charge in [-0.05, 0) is 42.0 Å². The largest absolute Gasteiger partial charge is 0.457 e. The van der Waals surface area contributed by atoms with Crippen molar-refractivity contribution in [3.05, 3.63) is 103 Å². The van der Waals surface area contributed by atoms with E-state index in [9.17, 15) is 24.5 Å². The molecule has 2 amide bonds. The Balaban J connectivity index is 1.56. The van der Waals surface area contributed by atoms with E-state index in [1.54, 1.807) is 18.2 Å². The van der Waals surface area contributed by atoms with Gasteiger partial charge < -0.3 is 4.74 Å². The molecule has 1 aliphatic rings. The third-order valence-electron chi connectivity index (χ3n) is 4.77. The Hall–Kier alpha value is -3.75. The first-order valence-corrected chi connectivity index (χ1v) is 9.90. The van der Waals surface area contributed by atoms with E-state index in [1.807, 2.05) is 0 Å². The fraction of sp³-hybridized carbons (Fsp3) is 0.0455. The molecule has 4 rings (SSSR count). The summed E-state index contributed by atoms with van der Waals surface area (Å²) >= 11 is 11.8. The predicted octanol–water partition coefficient (Wildman–Crippen LogP) is 5.06. The average Bonchev–Trinajstić information content (AvgIpc) is 3.04. The highest BCUT2D eigenvalue weighted by Gasteiger charge is 2.37. The topological polar surface area (TPSA) is 107 Å². The predicted molar refractivity (Wildman–Crippen MR) is 116 cm³/mol. The molecule has 32 heavy (non-hydrogen) atoms. The molecule has 0 spiro atoms. The summed E-state index contributed by atoms with van der Waals surface area (Å²) < 4.78 is 5.26. The van der Waals surface area contributed by atoms with Crippen molar-refractivity contribution in [3.8, 4) is 0 Å². The number of carbonyl (C=O) groups excluding carboxylic acids is 3. The normalized spacial score (nSPS) is 12.6. The van der Waals surface area contributed by atoms with Crippen molar-refractivity contribution < 1.29 is 24.0 Å². The molecule has 8 nitrogen and oxygen atoms in total. The highest BCUT2D eigenvalue weighted by atomic mass is 35.5. The summed E-state index contributed by atoms with van der Waals surface area (Å²) in [6, 6.07) is 14.0. The van der Waals surface area contributed by atoms with Crippen LogP contribution in [0.4, 0.5) is 11.4 Å². The van der Waals surface area contributed by atoms with Crippen LogP contribution in [-0.2, 0) is 11.3 Å². The van der Waals surface area contributed by atoms with Gasteiger partial charge in [0.2, 0.25) is 0 Å². The number of amides is 2. The van der Waals surface area contributed by atoms with Crippen LogP contribution in [0.15, 0.2) is 60.7 Å². The lowest BCUT2D eigenvalue weighted by Crippen LogP contribution is -2.29. The Morgan fingerprint density at radius 1 is 0.938 bits per heavy atom. The van der Waals surface area contributed by atoms with Crippen LogP contribution in [0.1, 0.15) is 36.6 Å². The molecular weight excluding hydrogens is 459 g/mol. The highest BCUT2D eigenvalue weighted by molar-refractivity contribution is 6.42. The first-order valence-electron chi connectivity index (χ1n) is 9.14. The first-order chi connectivity index (χ1) is 15.3. The van der Waals surface area contributed by atoms with Crippen LogP contribution in [0.3, 0.4) is 0 Å². The summed E-state index contributed by atoms with van der Waals surface area (Å²) in [5, 5.41) is 11.7. The minimum absolute atomic E-state index is 0.00509. The number of hydrogen-bond donors (Lipinski definition) is 0. The number of nitro benzene ring substituents is 1. The second-order valence-corrected chi connectivity index (χ2v) is 7.62. The van der Waals surface area contributed by atoms with Crippen LogP contribution in [0.5, 0.6) is 0 Å². The van der Waals surface area contributed by atoms with Gasteiger partial charge in [-0.25, -0.2) is 9.69 Å². The molecule has 3 aromatic carbocycles. The van der Waals surface area contributed by atoms with Crippen LogP contribution >= 0.6 is 23.2 Å². The van der Waals surface area contributed by atoms with Crippen molar-refractivity contribution in [3.63, 3.8) is 0 Å². The number of anilines is 1. The lowest BCUT2D eigenvalue weighted by atomic mass is 10.1. The molecular formula is C22H12Cl2N2O6. The molecule has 0 aliphatic carbocycles. The van der Waals surface area contributed by atoms with Crippen molar-refractivity contribution in [1.82, 2.24) is 0 Å². The molecule has 1 aliphatic heterocycles. The third kappa shape index (κ3) is 3.93. The van der Waals surface area contributed by atoms with Gasteiger partial charge >= 0.3 is 5.97 Å².